The van der Waals surface area contributed by atoms with Gasteiger partial charge in [0.15, 0.2) is 9.84 Å². The van der Waals surface area contributed by atoms with Crippen LogP contribution in [0.1, 0.15) is 5.56 Å². The molecule has 1 aromatic heterocycles. The molecule has 0 aliphatic rings. The Balaban J connectivity index is 2.48. The molecule has 0 unspecified atom stereocenters. The molecule has 0 bridgehead atoms. The van der Waals surface area contributed by atoms with Gasteiger partial charge in [-0.2, -0.15) is 0 Å². The molecule has 0 saturated heterocycles. The van der Waals surface area contributed by atoms with Gasteiger partial charge in [0.2, 0.25) is 0 Å². The Morgan fingerprint density at radius 1 is 1.08 bits per heavy atom. The Morgan fingerprint density at radius 2 is 1.73 bits per heavy atom. The van der Waals surface area contributed by atoms with Crippen LogP contribution in [-0.4, -0.2) is 27.1 Å². The molecule has 3 rings (SSSR count). The highest BCUT2D eigenvalue weighted by atomic mass is 32.2. The molecule has 3 aromatic rings. The molecule has 1 heterocycles. The minimum absolute atomic E-state index is 0.00559. The van der Waals surface area contributed by atoms with Crippen molar-refractivity contribution in [2.75, 3.05) is 12.0 Å². The molecule has 6 nitrogen and oxygen atoms in total. The summed E-state index contributed by atoms with van der Waals surface area (Å²) in [7, 11) is -7.59. The van der Waals surface area contributed by atoms with Gasteiger partial charge in [-0.05, 0) is 29.8 Å². The Hall–Kier alpha value is -2.76. The first-order valence-corrected chi connectivity index (χ1v) is 10.9. The number of nitrogen functional groups attached to an aromatic ring is 1. The number of nitrogens with two attached hydrogens (primary N) is 1. The zero-order valence-electron chi connectivity index (χ0n) is 13.9. The molecule has 0 amide bonds. The second kappa shape index (κ2) is 6.20. The van der Waals surface area contributed by atoms with Crippen LogP contribution < -0.4 is 5.73 Å². The van der Waals surface area contributed by atoms with Gasteiger partial charge in [-0.25, -0.2) is 20.8 Å². The predicted octanol–water partition coefficient (Wildman–Crippen LogP) is 2.04. The predicted molar refractivity (Wildman–Crippen MR) is 101 cm³/mol. The molecule has 0 radical (unpaired) electrons. The van der Waals surface area contributed by atoms with Crippen molar-refractivity contribution in [3.8, 4) is 12.3 Å². The largest absolute Gasteiger partial charge is 0.397 e. The monoisotopic (exact) mass is 388 g/mol. The van der Waals surface area contributed by atoms with E-state index in [1.54, 1.807) is 18.2 Å². The summed E-state index contributed by atoms with van der Waals surface area (Å²) in [5.41, 5.74) is 6.69. The van der Waals surface area contributed by atoms with E-state index in [9.17, 15) is 16.8 Å². The normalized spacial score (nSPS) is 12.2. The average molecular weight is 388 g/mol. The lowest BCUT2D eigenvalue weighted by Gasteiger charge is -2.10. The highest BCUT2D eigenvalue weighted by Crippen LogP contribution is 2.35. The highest BCUT2D eigenvalue weighted by Gasteiger charge is 2.26. The Morgan fingerprint density at radius 3 is 2.31 bits per heavy atom. The summed E-state index contributed by atoms with van der Waals surface area (Å²) < 4.78 is 51.6. The van der Waals surface area contributed by atoms with E-state index in [1.165, 1.54) is 30.5 Å². The first-order valence-electron chi connectivity index (χ1n) is 7.54. The molecular formula is C18H16N2O4S2. The van der Waals surface area contributed by atoms with E-state index in [4.69, 9.17) is 12.2 Å². The maximum atomic E-state index is 13.1. The Labute approximate surface area is 152 Å². The molecule has 134 valence electrons. The number of terminal acetylenes is 1. The van der Waals surface area contributed by atoms with Crippen molar-refractivity contribution in [1.82, 2.24) is 3.97 Å². The minimum Gasteiger partial charge on any atom is -0.397 e. The van der Waals surface area contributed by atoms with E-state index < -0.39 is 19.9 Å². The van der Waals surface area contributed by atoms with Gasteiger partial charge in [0.25, 0.3) is 10.0 Å². The first kappa shape index (κ1) is 18.0. The third kappa shape index (κ3) is 2.85. The van der Waals surface area contributed by atoms with Crippen LogP contribution in [0.3, 0.4) is 0 Å². The van der Waals surface area contributed by atoms with E-state index in [-0.39, 0.29) is 32.8 Å². The van der Waals surface area contributed by atoms with Gasteiger partial charge >= 0.3 is 0 Å². The van der Waals surface area contributed by atoms with Gasteiger partial charge in [0.05, 0.1) is 21.0 Å². The lowest BCUT2D eigenvalue weighted by atomic mass is 10.1. The van der Waals surface area contributed by atoms with Crippen molar-refractivity contribution >= 4 is 36.5 Å². The SMILES string of the molecule is C#CCc1cn(S(=O)(=O)c2ccccc2)c2c(N)ccc(S(C)(=O)=O)c12. The van der Waals surface area contributed by atoms with Crippen molar-refractivity contribution in [1.29, 1.82) is 0 Å². The van der Waals surface area contributed by atoms with Crippen LogP contribution in [0.25, 0.3) is 10.9 Å². The van der Waals surface area contributed by atoms with Gasteiger partial charge in [-0.1, -0.05) is 18.2 Å². The van der Waals surface area contributed by atoms with Crippen LogP contribution in [0.15, 0.2) is 58.5 Å². The molecule has 8 heteroatoms. The number of sulfone groups is 1. The van der Waals surface area contributed by atoms with Crippen molar-refractivity contribution in [2.24, 2.45) is 0 Å². The van der Waals surface area contributed by atoms with E-state index in [1.807, 2.05) is 0 Å². The molecular weight excluding hydrogens is 372 g/mol. The lowest BCUT2D eigenvalue weighted by Crippen LogP contribution is -2.13. The third-order valence-corrected chi connectivity index (χ3v) is 6.79. The van der Waals surface area contributed by atoms with Crippen molar-refractivity contribution in [3.63, 3.8) is 0 Å². The standard InChI is InChI=1S/C18H16N2O4S2/c1-3-7-13-12-20(26(23,24)14-8-5-4-6-9-14)18-15(19)10-11-16(17(13)18)25(2,21)22/h1,4-6,8-12H,7,19H2,2H3. The van der Waals surface area contributed by atoms with E-state index >= 15 is 0 Å². The van der Waals surface area contributed by atoms with Crippen LogP contribution in [0, 0.1) is 12.3 Å². The molecule has 2 aromatic carbocycles. The minimum atomic E-state index is -3.97. The number of nitrogens with zero attached hydrogens (tertiary/aromatic N) is 1. The van der Waals surface area contributed by atoms with Gasteiger partial charge in [-0.15, -0.1) is 12.3 Å². The molecule has 0 aliphatic carbocycles. The molecule has 0 saturated carbocycles. The lowest BCUT2D eigenvalue weighted by molar-refractivity contribution is 0.588. The molecule has 0 fully saturated rings. The van der Waals surface area contributed by atoms with Crippen molar-refractivity contribution in [2.45, 2.75) is 16.2 Å². The topological polar surface area (TPSA) is 99.2 Å². The molecule has 26 heavy (non-hydrogen) atoms. The molecule has 0 spiro atoms. The number of hydrogen-bond acceptors (Lipinski definition) is 5. The van der Waals surface area contributed by atoms with E-state index in [0.717, 1.165) is 10.2 Å². The summed E-state index contributed by atoms with van der Waals surface area (Å²) in [5.74, 6) is 2.44. The highest BCUT2D eigenvalue weighted by molar-refractivity contribution is 7.91. The first-order chi connectivity index (χ1) is 12.2. The number of aromatic nitrogens is 1. The fourth-order valence-corrected chi connectivity index (χ4v) is 5.20. The smallest absolute Gasteiger partial charge is 0.268 e. The van der Waals surface area contributed by atoms with E-state index in [2.05, 4.69) is 5.92 Å². The van der Waals surface area contributed by atoms with Gasteiger partial charge in [0.1, 0.15) is 0 Å². The summed E-state index contributed by atoms with van der Waals surface area (Å²) in [6, 6.07) is 10.6. The Kier molecular flexibility index (Phi) is 4.30. The quantitative estimate of drug-likeness (QED) is 0.545. The van der Waals surface area contributed by atoms with Gasteiger partial charge < -0.3 is 5.73 Å². The zero-order chi connectivity index (χ0) is 19.1. The zero-order valence-corrected chi connectivity index (χ0v) is 15.5. The van der Waals surface area contributed by atoms with Gasteiger partial charge in [0, 0.05) is 24.3 Å². The van der Waals surface area contributed by atoms with Crippen LogP contribution >= 0.6 is 0 Å². The summed E-state index contributed by atoms with van der Waals surface area (Å²) in [4.78, 5) is 0.0577. The number of hydrogen-bond donors (Lipinski definition) is 1. The van der Waals surface area contributed by atoms with Gasteiger partial charge in [-0.3, -0.25) is 0 Å². The number of anilines is 1. The molecule has 0 aliphatic heterocycles. The fraction of sp³-hybridized carbons (Fsp3) is 0.111. The summed E-state index contributed by atoms with van der Waals surface area (Å²) in [6.07, 6.45) is 7.86. The Bertz CT molecular complexity index is 1250. The van der Waals surface area contributed by atoms with Crippen LogP contribution in [-0.2, 0) is 26.3 Å². The molecule has 0 atom stereocenters. The second-order valence-corrected chi connectivity index (χ2v) is 9.60. The average Bonchev–Trinajstić information content (AvgIpc) is 2.96. The summed E-state index contributed by atoms with van der Waals surface area (Å²) >= 11 is 0. The van der Waals surface area contributed by atoms with E-state index in [0.29, 0.717) is 5.56 Å². The fourth-order valence-electron chi connectivity index (χ4n) is 2.86. The summed E-state index contributed by atoms with van der Waals surface area (Å²) in [6.45, 7) is 0. The molecule has 2 N–H and O–H groups in total. The van der Waals surface area contributed by atoms with Crippen molar-refractivity contribution in [3.05, 3.63) is 54.2 Å². The van der Waals surface area contributed by atoms with Crippen LogP contribution in [0.2, 0.25) is 0 Å². The maximum absolute atomic E-state index is 13.1. The maximum Gasteiger partial charge on any atom is 0.268 e. The summed E-state index contributed by atoms with van der Waals surface area (Å²) in [5, 5.41) is 0.241. The number of rotatable bonds is 4. The van der Waals surface area contributed by atoms with Crippen LogP contribution in [0.4, 0.5) is 5.69 Å². The van der Waals surface area contributed by atoms with Crippen molar-refractivity contribution < 1.29 is 16.8 Å². The second-order valence-electron chi connectivity index (χ2n) is 5.80. The number of fused-ring (bicyclic) bond motifs is 1. The third-order valence-electron chi connectivity index (χ3n) is 3.98. The van der Waals surface area contributed by atoms with Crippen LogP contribution in [0.5, 0.6) is 0 Å². The number of benzene rings is 2.